The van der Waals surface area contributed by atoms with E-state index in [9.17, 15) is 9.90 Å². The fourth-order valence-corrected chi connectivity index (χ4v) is 1.60. The van der Waals surface area contributed by atoms with Crippen molar-refractivity contribution in [2.75, 3.05) is 13.2 Å². The van der Waals surface area contributed by atoms with Crippen LogP contribution in [0.1, 0.15) is 39.2 Å². The summed E-state index contributed by atoms with van der Waals surface area (Å²) < 4.78 is 5.40. The van der Waals surface area contributed by atoms with Crippen molar-refractivity contribution in [2.24, 2.45) is 5.92 Å². The summed E-state index contributed by atoms with van der Waals surface area (Å²) in [4.78, 5) is 11.6. The molecule has 0 saturated heterocycles. The molecule has 4 nitrogen and oxygen atoms in total. The number of nitrogens with one attached hydrogen (secondary N) is 1. The minimum Gasteiger partial charge on any atom is -0.484 e. The predicted octanol–water partition coefficient (Wildman–Crippen LogP) is 2.32. The molecular formula is C16H25NO3. The first kappa shape index (κ1) is 16.5. The number of hydrogen-bond acceptors (Lipinski definition) is 3. The van der Waals surface area contributed by atoms with Crippen LogP contribution < -0.4 is 10.1 Å². The van der Waals surface area contributed by atoms with E-state index in [-0.39, 0.29) is 25.0 Å². The van der Waals surface area contributed by atoms with Crippen molar-refractivity contribution in [1.29, 1.82) is 0 Å². The molecule has 0 aromatic heterocycles. The van der Waals surface area contributed by atoms with Crippen LogP contribution in [0.5, 0.6) is 5.75 Å². The van der Waals surface area contributed by atoms with Crippen LogP contribution in [0.2, 0.25) is 0 Å². The maximum atomic E-state index is 11.6. The molecule has 2 N–H and O–H groups in total. The van der Waals surface area contributed by atoms with E-state index in [1.54, 1.807) is 0 Å². The minimum atomic E-state index is -0.524. The number of rotatable bonds is 7. The molecule has 0 fully saturated rings. The Morgan fingerprint density at radius 3 is 2.30 bits per heavy atom. The molecule has 1 aromatic carbocycles. The van der Waals surface area contributed by atoms with Crippen LogP contribution in [-0.2, 0) is 4.79 Å². The van der Waals surface area contributed by atoms with Gasteiger partial charge in [0.05, 0.1) is 6.10 Å². The first-order chi connectivity index (χ1) is 9.40. The van der Waals surface area contributed by atoms with Gasteiger partial charge in [0, 0.05) is 6.54 Å². The van der Waals surface area contributed by atoms with Gasteiger partial charge >= 0.3 is 0 Å². The molecule has 0 aliphatic heterocycles. The molecule has 1 unspecified atom stereocenters. The third kappa shape index (κ3) is 5.61. The van der Waals surface area contributed by atoms with Gasteiger partial charge in [-0.1, -0.05) is 39.8 Å². The smallest absolute Gasteiger partial charge is 0.258 e. The third-order valence-electron chi connectivity index (χ3n) is 3.19. The fourth-order valence-electron chi connectivity index (χ4n) is 1.60. The summed E-state index contributed by atoms with van der Waals surface area (Å²) in [7, 11) is 0. The summed E-state index contributed by atoms with van der Waals surface area (Å²) in [6.07, 6.45) is -0.524. The zero-order valence-corrected chi connectivity index (χ0v) is 12.7. The number of carbonyl (C=O) groups is 1. The monoisotopic (exact) mass is 279 g/mol. The van der Waals surface area contributed by atoms with Gasteiger partial charge in [-0.05, 0) is 29.5 Å². The average molecular weight is 279 g/mol. The first-order valence-electron chi connectivity index (χ1n) is 7.07. The molecule has 0 spiro atoms. The Hall–Kier alpha value is -1.55. The van der Waals surface area contributed by atoms with Crippen molar-refractivity contribution < 1.29 is 14.6 Å². The average Bonchev–Trinajstić information content (AvgIpc) is 2.42. The zero-order chi connectivity index (χ0) is 15.1. The SMILES string of the molecule is CC(C)c1ccc(OCC(=O)NCC(O)C(C)C)cc1. The lowest BCUT2D eigenvalue weighted by molar-refractivity contribution is -0.123. The number of hydrogen-bond donors (Lipinski definition) is 2. The Labute approximate surface area is 121 Å². The number of carbonyl (C=O) groups excluding carboxylic acids is 1. The molecule has 0 aliphatic rings. The predicted molar refractivity (Wildman–Crippen MR) is 79.9 cm³/mol. The molecule has 0 aliphatic carbocycles. The summed E-state index contributed by atoms with van der Waals surface area (Å²) in [5.41, 5.74) is 1.24. The number of aliphatic hydroxyl groups excluding tert-OH is 1. The van der Waals surface area contributed by atoms with Gasteiger partial charge in [-0.2, -0.15) is 0 Å². The summed E-state index contributed by atoms with van der Waals surface area (Å²) >= 11 is 0. The minimum absolute atomic E-state index is 0.0359. The van der Waals surface area contributed by atoms with Crippen molar-refractivity contribution in [3.8, 4) is 5.75 Å². The summed E-state index contributed by atoms with van der Waals surface area (Å²) in [6.45, 7) is 8.29. The van der Waals surface area contributed by atoms with Gasteiger partial charge in [0.2, 0.25) is 0 Å². The lowest BCUT2D eigenvalue weighted by Gasteiger charge is -2.15. The molecule has 0 heterocycles. The molecule has 1 rings (SSSR count). The molecule has 1 aromatic rings. The highest BCUT2D eigenvalue weighted by atomic mass is 16.5. The van der Waals surface area contributed by atoms with Gasteiger partial charge in [0.15, 0.2) is 6.61 Å². The van der Waals surface area contributed by atoms with Crippen molar-refractivity contribution in [2.45, 2.75) is 39.7 Å². The normalized spacial score (nSPS) is 12.6. The Morgan fingerprint density at radius 2 is 1.80 bits per heavy atom. The van der Waals surface area contributed by atoms with Crippen LogP contribution in [0.4, 0.5) is 0 Å². The second kappa shape index (κ2) is 7.90. The second-order valence-electron chi connectivity index (χ2n) is 5.63. The summed E-state index contributed by atoms with van der Waals surface area (Å²) in [5.74, 6) is 1.05. The lowest BCUT2D eigenvalue weighted by atomic mass is 10.0. The van der Waals surface area contributed by atoms with Gasteiger partial charge in [0.1, 0.15) is 5.75 Å². The van der Waals surface area contributed by atoms with Crippen LogP contribution in [0.25, 0.3) is 0 Å². The van der Waals surface area contributed by atoms with Crippen molar-refractivity contribution >= 4 is 5.91 Å². The van der Waals surface area contributed by atoms with Gasteiger partial charge in [-0.3, -0.25) is 4.79 Å². The van der Waals surface area contributed by atoms with E-state index < -0.39 is 6.10 Å². The van der Waals surface area contributed by atoms with E-state index in [2.05, 4.69) is 19.2 Å². The quantitative estimate of drug-likeness (QED) is 0.805. The Balaban J connectivity index is 2.34. The lowest BCUT2D eigenvalue weighted by Crippen LogP contribution is -2.37. The molecule has 0 radical (unpaired) electrons. The summed E-state index contributed by atoms with van der Waals surface area (Å²) in [6, 6.07) is 7.73. The second-order valence-corrected chi connectivity index (χ2v) is 5.63. The highest BCUT2D eigenvalue weighted by Crippen LogP contribution is 2.18. The first-order valence-corrected chi connectivity index (χ1v) is 7.07. The Kier molecular flexibility index (Phi) is 6.52. The highest BCUT2D eigenvalue weighted by Gasteiger charge is 2.11. The summed E-state index contributed by atoms with van der Waals surface area (Å²) in [5, 5.41) is 12.2. The van der Waals surface area contributed by atoms with Crippen molar-refractivity contribution in [3.63, 3.8) is 0 Å². The number of amides is 1. The van der Waals surface area contributed by atoms with E-state index in [1.807, 2.05) is 38.1 Å². The van der Waals surface area contributed by atoms with Crippen LogP contribution in [0, 0.1) is 5.92 Å². The van der Waals surface area contributed by atoms with Crippen molar-refractivity contribution in [3.05, 3.63) is 29.8 Å². The molecule has 1 amide bonds. The van der Waals surface area contributed by atoms with Crippen LogP contribution in [-0.4, -0.2) is 30.3 Å². The molecule has 20 heavy (non-hydrogen) atoms. The molecule has 0 saturated carbocycles. The molecular weight excluding hydrogens is 254 g/mol. The topological polar surface area (TPSA) is 58.6 Å². The van der Waals surface area contributed by atoms with Crippen LogP contribution >= 0.6 is 0 Å². The highest BCUT2D eigenvalue weighted by molar-refractivity contribution is 5.77. The van der Waals surface area contributed by atoms with Gasteiger partial charge in [-0.25, -0.2) is 0 Å². The van der Waals surface area contributed by atoms with Crippen molar-refractivity contribution in [1.82, 2.24) is 5.32 Å². The number of ether oxygens (including phenoxy) is 1. The van der Waals surface area contributed by atoms with Gasteiger partial charge in [0.25, 0.3) is 5.91 Å². The van der Waals surface area contributed by atoms with Gasteiger partial charge in [-0.15, -0.1) is 0 Å². The zero-order valence-electron chi connectivity index (χ0n) is 12.7. The Bertz CT molecular complexity index is 412. The van der Waals surface area contributed by atoms with Crippen LogP contribution in [0.3, 0.4) is 0 Å². The maximum absolute atomic E-state index is 11.6. The van der Waals surface area contributed by atoms with E-state index in [0.717, 1.165) is 0 Å². The fraction of sp³-hybridized carbons (Fsp3) is 0.562. The van der Waals surface area contributed by atoms with E-state index in [0.29, 0.717) is 11.7 Å². The number of aliphatic hydroxyl groups is 1. The van der Waals surface area contributed by atoms with E-state index in [4.69, 9.17) is 4.74 Å². The molecule has 112 valence electrons. The maximum Gasteiger partial charge on any atom is 0.258 e. The largest absolute Gasteiger partial charge is 0.484 e. The Morgan fingerprint density at radius 1 is 1.20 bits per heavy atom. The number of benzene rings is 1. The van der Waals surface area contributed by atoms with E-state index >= 15 is 0 Å². The van der Waals surface area contributed by atoms with Crippen LogP contribution in [0.15, 0.2) is 24.3 Å². The van der Waals surface area contributed by atoms with E-state index in [1.165, 1.54) is 5.56 Å². The third-order valence-corrected chi connectivity index (χ3v) is 3.19. The molecule has 1 atom stereocenters. The molecule has 4 heteroatoms. The molecule has 0 bridgehead atoms. The standard InChI is InChI=1S/C16H25NO3/c1-11(2)13-5-7-14(8-6-13)20-10-16(19)17-9-15(18)12(3)4/h5-8,11-12,15,18H,9-10H2,1-4H3,(H,17,19). The van der Waals surface area contributed by atoms with Gasteiger partial charge < -0.3 is 15.2 Å².